The van der Waals surface area contributed by atoms with E-state index in [1.807, 2.05) is 19.1 Å². The summed E-state index contributed by atoms with van der Waals surface area (Å²) in [7, 11) is -3.53. The predicted molar refractivity (Wildman–Crippen MR) is 119 cm³/mol. The lowest BCUT2D eigenvalue weighted by atomic mass is 10.0. The van der Waals surface area contributed by atoms with Crippen molar-refractivity contribution in [3.05, 3.63) is 35.7 Å². The zero-order valence-electron chi connectivity index (χ0n) is 18.2. The Bertz CT molecular complexity index is 892. The minimum Gasteiger partial charge on any atom is -0.301 e. The van der Waals surface area contributed by atoms with E-state index in [1.54, 1.807) is 12.1 Å². The number of benzene rings is 1. The van der Waals surface area contributed by atoms with Gasteiger partial charge in [-0.1, -0.05) is 38.5 Å². The Balaban J connectivity index is 0.00000320. The first-order chi connectivity index (χ1) is 13.8. The average molecular weight is 457 g/mol. The van der Waals surface area contributed by atoms with Crippen LogP contribution < -0.4 is 0 Å². The fourth-order valence-electron chi connectivity index (χ4n) is 3.78. The largest absolute Gasteiger partial charge is 0.301 e. The third kappa shape index (κ3) is 6.00. The van der Waals surface area contributed by atoms with E-state index in [0.29, 0.717) is 16.6 Å². The third-order valence-electron chi connectivity index (χ3n) is 5.52. The molecule has 8 nitrogen and oxygen atoms in total. The fourth-order valence-corrected chi connectivity index (χ4v) is 4.98. The third-order valence-corrected chi connectivity index (χ3v) is 7.09. The molecule has 0 aliphatic carbocycles. The molecule has 0 N–H and O–H groups in total. The zero-order valence-corrected chi connectivity index (χ0v) is 19.9. The molecule has 0 spiro atoms. The molecule has 1 aromatic heterocycles. The molecule has 1 aromatic carbocycles. The van der Waals surface area contributed by atoms with E-state index in [2.05, 4.69) is 46.1 Å². The molecule has 1 saturated heterocycles. The molecule has 1 fully saturated rings. The number of tetrazole rings is 1. The van der Waals surface area contributed by atoms with Crippen molar-refractivity contribution in [2.24, 2.45) is 5.92 Å². The second-order valence-electron chi connectivity index (χ2n) is 8.21. The Hall–Kier alpha value is -1.55. The molecule has 2 aromatic rings. The monoisotopic (exact) mass is 456 g/mol. The van der Waals surface area contributed by atoms with Crippen molar-refractivity contribution in [1.29, 1.82) is 0 Å². The van der Waals surface area contributed by atoms with Gasteiger partial charge in [-0.2, -0.15) is 0 Å². The fraction of sp³-hybridized carbons (Fsp3) is 0.650. The van der Waals surface area contributed by atoms with E-state index in [1.165, 1.54) is 4.68 Å². The maximum Gasteiger partial charge on any atom is 0.198 e. The molecule has 0 saturated carbocycles. The minimum atomic E-state index is -3.53. The summed E-state index contributed by atoms with van der Waals surface area (Å²) in [5.41, 5.74) is 1.02. The van der Waals surface area contributed by atoms with Gasteiger partial charge in [0.05, 0.1) is 10.9 Å². The maximum absolute atomic E-state index is 12.9. The normalized spacial score (nSPS) is 17.1. The molecule has 1 atom stereocenters. The molecule has 30 heavy (non-hydrogen) atoms. The summed E-state index contributed by atoms with van der Waals surface area (Å²) in [4.78, 5) is 5.11. The summed E-state index contributed by atoms with van der Waals surface area (Å²) in [6.45, 7) is 13.4. The van der Waals surface area contributed by atoms with Crippen LogP contribution in [0.5, 0.6) is 0 Å². The van der Waals surface area contributed by atoms with Crippen LogP contribution in [-0.2, 0) is 15.7 Å². The smallest absolute Gasteiger partial charge is 0.198 e. The first kappa shape index (κ1) is 24.7. The van der Waals surface area contributed by atoms with E-state index in [4.69, 9.17) is 0 Å². The van der Waals surface area contributed by atoms with Crippen LogP contribution in [0.25, 0.3) is 0 Å². The first-order valence-corrected chi connectivity index (χ1v) is 12.0. The highest BCUT2D eigenvalue weighted by Crippen LogP contribution is 2.28. The van der Waals surface area contributed by atoms with Gasteiger partial charge in [-0.25, -0.2) is 13.1 Å². The summed E-state index contributed by atoms with van der Waals surface area (Å²) in [5, 5.41) is 12.1. The van der Waals surface area contributed by atoms with Gasteiger partial charge >= 0.3 is 0 Å². The highest BCUT2D eigenvalue weighted by Gasteiger charge is 2.30. The predicted octanol–water partition coefficient (Wildman–Crippen LogP) is 2.56. The second kappa shape index (κ2) is 10.7. The lowest BCUT2D eigenvalue weighted by molar-refractivity contribution is 0.0836. The SMILES string of the molecule is CCN1CCN(C(CC(C)C)c2nnnn2CS(=O)(=O)c2ccc(C)cc2)CC1.Cl. The first-order valence-electron chi connectivity index (χ1n) is 10.3. The summed E-state index contributed by atoms with van der Waals surface area (Å²) >= 11 is 0. The number of rotatable bonds is 8. The van der Waals surface area contributed by atoms with Crippen LogP contribution in [0, 0.1) is 12.8 Å². The Morgan fingerprint density at radius 2 is 1.70 bits per heavy atom. The van der Waals surface area contributed by atoms with Crippen molar-refractivity contribution in [1.82, 2.24) is 30.0 Å². The number of likely N-dealkylation sites (N-methyl/N-ethyl adjacent to an activating group) is 1. The standard InChI is InChI=1S/C20H32N6O2S.ClH/c1-5-24-10-12-25(13-11-24)19(14-16(2)3)20-21-22-23-26(20)15-29(27,28)18-8-6-17(4)7-9-18;/h6-9,16,19H,5,10-15H2,1-4H3;1H. The topological polar surface area (TPSA) is 84.2 Å². The molecule has 0 amide bonds. The lowest BCUT2D eigenvalue weighted by Gasteiger charge is -2.38. The van der Waals surface area contributed by atoms with Gasteiger partial charge in [0.25, 0.3) is 0 Å². The number of nitrogens with zero attached hydrogens (tertiary/aromatic N) is 6. The van der Waals surface area contributed by atoms with Gasteiger partial charge in [0.2, 0.25) is 0 Å². The molecule has 1 unspecified atom stereocenters. The molecule has 1 aliphatic heterocycles. The Morgan fingerprint density at radius 3 is 2.27 bits per heavy atom. The molecule has 10 heteroatoms. The molecule has 0 bridgehead atoms. The molecule has 3 rings (SSSR count). The molecule has 0 radical (unpaired) electrons. The van der Waals surface area contributed by atoms with Crippen LogP contribution in [0.2, 0.25) is 0 Å². The van der Waals surface area contributed by atoms with Crippen molar-refractivity contribution >= 4 is 22.2 Å². The van der Waals surface area contributed by atoms with Gasteiger partial charge in [-0.3, -0.25) is 4.90 Å². The number of piperazine rings is 1. The van der Waals surface area contributed by atoms with E-state index < -0.39 is 9.84 Å². The average Bonchev–Trinajstić information content (AvgIpc) is 3.13. The van der Waals surface area contributed by atoms with Gasteiger partial charge in [0.1, 0.15) is 0 Å². The highest BCUT2D eigenvalue weighted by atomic mass is 35.5. The molecular weight excluding hydrogens is 424 g/mol. The van der Waals surface area contributed by atoms with Crippen LogP contribution in [0.3, 0.4) is 0 Å². The summed E-state index contributed by atoms with van der Waals surface area (Å²) < 4.78 is 27.3. The van der Waals surface area contributed by atoms with Crippen LogP contribution in [0.4, 0.5) is 0 Å². The minimum absolute atomic E-state index is 0. The maximum atomic E-state index is 12.9. The molecular formula is C20H33ClN6O2S. The highest BCUT2D eigenvalue weighted by molar-refractivity contribution is 7.90. The number of sulfone groups is 1. The Morgan fingerprint density at radius 1 is 1.07 bits per heavy atom. The van der Waals surface area contributed by atoms with Crippen LogP contribution >= 0.6 is 12.4 Å². The lowest BCUT2D eigenvalue weighted by Crippen LogP contribution is -2.48. The number of hydrogen-bond acceptors (Lipinski definition) is 7. The Kier molecular flexibility index (Phi) is 8.78. The molecule has 1 aliphatic rings. The summed E-state index contributed by atoms with van der Waals surface area (Å²) in [6.07, 6.45) is 0.886. The molecule has 2 heterocycles. The van der Waals surface area contributed by atoms with Crippen molar-refractivity contribution in [2.45, 2.75) is 50.9 Å². The van der Waals surface area contributed by atoms with Gasteiger partial charge in [-0.05, 0) is 48.4 Å². The molecule has 168 valence electrons. The van der Waals surface area contributed by atoms with E-state index in [-0.39, 0.29) is 24.3 Å². The number of hydrogen-bond donors (Lipinski definition) is 0. The van der Waals surface area contributed by atoms with E-state index in [0.717, 1.165) is 44.7 Å². The van der Waals surface area contributed by atoms with Crippen LogP contribution in [0.1, 0.15) is 44.6 Å². The van der Waals surface area contributed by atoms with Gasteiger partial charge in [-0.15, -0.1) is 17.5 Å². The number of halogens is 1. The van der Waals surface area contributed by atoms with Crippen molar-refractivity contribution < 1.29 is 8.42 Å². The van der Waals surface area contributed by atoms with Crippen molar-refractivity contribution in [3.63, 3.8) is 0 Å². The second-order valence-corrected chi connectivity index (χ2v) is 10.2. The van der Waals surface area contributed by atoms with Gasteiger partial charge in [0.15, 0.2) is 21.5 Å². The summed E-state index contributed by atoms with van der Waals surface area (Å²) in [5.74, 6) is 0.837. The summed E-state index contributed by atoms with van der Waals surface area (Å²) in [6, 6.07) is 6.91. The van der Waals surface area contributed by atoms with Crippen molar-refractivity contribution in [2.75, 3.05) is 32.7 Å². The zero-order chi connectivity index (χ0) is 21.0. The van der Waals surface area contributed by atoms with Crippen molar-refractivity contribution in [3.8, 4) is 0 Å². The van der Waals surface area contributed by atoms with Gasteiger partial charge in [0, 0.05) is 26.2 Å². The van der Waals surface area contributed by atoms with E-state index in [9.17, 15) is 8.42 Å². The quantitative estimate of drug-likeness (QED) is 0.603. The van der Waals surface area contributed by atoms with Crippen LogP contribution in [0.15, 0.2) is 29.2 Å². The Labute approximate surface area is 186 Å². The van der Waals surface area contributed by atoms with Crippen LogP contribution in [-0.4, -0.2) is 71.1 Å². The number of aromatic nitrogens is 4. The number of aryl methyl sites for hydroxylation is 1. The van der Waals surface area contributed by atoms with Gasteiger partial charge < -0.3 is 4.90 Å². The van der Waals surface area contributed by atoms with E-state index >= 15 is 0 Å².